The molecular weight excluding hydrogens is 641 g/mol. The molecule has 3 heterocycles. The third-order valence-corrected chi connectivity index (χ3v) is 11.8. The molecular formula is C47H28N2OS. The maximum absolute atomic E-state index is 6.97. The van der Waals surface area contributed by atoms with E-state index >= 15 is 0 Å². The number of aromatic nitrogens is 2. The molecule has 0 radical (unpaired) electrons. The zero-order valence-electron chi connectivity index (χ0n) is 27.4. The van der Waals surface area contributed by atoms with Crippen LogP contribution in [0.5, 0.6) is 0 Å². The highest BCUT2D eigenvalue weighted by atomic mass is 32.2. The fourth-order valence-corrected chi connectivity index (χ4v) is 9.74. The molecule has 1 spiro atoms. The van der Waals surface area contributed by atoms with Crippen LogP contribution in [0, 0.1) is 0 Å². The van der Waals surface area contributed by atoms with Crippen LogP contribution < -0.4 is 0 Å². The Labute approximate surface area is 299 Å². The molecule has 2 aromatic heterocycles. The third-order valence-electron chi connectivity index (χ3n) is 10.6. The number of hydrogen-bond acceptors (Lipinski definition) is 4. The van der Waals surface area contributed by atoms with E-state index in [1.54, 1.807) is 0 Å². The van der Waals surface area contributed by atoms with Crippen LogP contribution in [-0.2, 0) is 5.41 Å². The Morgan fingerprint density at radius 2 is 1.08 bits per heavy atom. The SMILES string of the molecule is c1ccc(-c2cc(-c3cccc4oc5c6c(ccc5c34)C3(c4ccccc4S6)c4ccccc4-c4ccccc43)nc(-c3ccccc3)n2)cc1. The van der Waals surface area contributed by atoms with Crippen LogP contribution in [0.4, 0.5) is 0 Å². The number of rotatable bonds is 3. The van der Waals surface area contributed by atoms with E-state index in [1.807, 2.05) is 36.0 Å². The monoisotopic (exact) mass is 668 g/mol. The molecule has 7 aromatic carbocycles. The minimum absolute atomic E-state index is 0.456. The summed E-state index contributed by atoms with van der Waals surface area (Å²) in [6, 6.07) is 60.4. The highest BCUT2D eigenvalue weighted by Crippen LogP contribution is 2.63. The number of hydrogen-bond donors (Lipinski definition) is 0. The van der Waals surface area contributed by atoms with Gasteiger partial charge in [0, 0.05) is 32.4 Å². The van der Waals surface area contributed by atoms with E-state index in [-0.39, 0.29) is 0 Å². The van der Waals surface area contributed by atoms with E-state index in [0.29, 0.717) is 5.82 Å². The van der Waals surface area contributed by atoms with E-state index in [1.165, 1.54) is 38.3 Å². The normalized spacial score (nSPS) is 13.6. The van der Waals surface area contributed by atoms with E-state index in [9.17, 15) is 0 Å². The van der Waals surface area contributed by atoms with Crippen molar-refractivity contribution in [1.29, 1.82) is 0 Å². The smallest absolute Gasteiger partial charge is 0.160 e. The van der Waals surface area contributed by atoms with Crippen LogP contribution in [0.25, 0.3) is 67.0 Å². The number of benzene rings is 7. The van der Waals surface area contributed by atoms with Crippen LogP contribution >= 0.6 is 11.8 Å². The van der Waals surface area contributed by atoms with Gasteiger partial charge in [-0.15, -0.1) is 0 Å². The van der Waals surface area contributed by atoms with E-state index < -0.39 is 5.41 Å². The first-order chi connectivity index (χ1) is 25.3. The number of nitrogens with zero attached hydrogens (tertiary/aromatic N) is 2. The lowest BCUT2D eigenvalue weighted by Crippen LogP contribution is -2.31. The van der Waals surface area contributed by atoms with Gasteiger partial charge in [-0.1, -0.05) is 163 Å². The second kappa shape index (κ2) is 10.9. The Morgan fingerprint density at radius 1 is 0.471 bits per heavy atom. The molecule has 0 bridgehead atoms. The van der Waals surface area contributed by atoms with Gasteiger partial charge in [-0.3, -0.25) is 0 Å². The van der Waals surface area contributed by atoms with Crippen molar-refractivity contribution >= 4 is 33.7 Å². The molecule has 0 fully saturated rings. The molecule has 0 saturated carbocycles. The highest BCUT2D eigenvalue weighted by Gasteiger charge is 2.50. The first-order valence-electron chi connectivity index (χ1n) is 17.2. The average Bonchev–Trinajstić information content (AvgIpc) is 3.73. The first-order valence-corrected chi connectivity index (χ1v) is 18.1. The number of fused-ring (bicyclic) bond motifs is 13. The molecule has 0 N–H and O–H groups in total. The van der Waals surface area contributed by atoms with Gasteiger partial charge in [0.15, 0.2) is 5.82 Å². The van der Waals surface area contributed by atoms with Crippen LogP contribution in [0.3, 0.4) is 0 Å². The van der Waals surface area contributed by atoms with Crippen molar-refractivity contribution in [2.45, 2.75) is 15.2 Å². The topological polar surface area (TPSA) is 38.9 Å². The lowest BCUT2D eigenvalue weighted by molar-refractivity contribution is 0.649. The van der Waals surface area contributed by atoms with Crippen molar-refractivity contribution in [2.24, 2.45) is 0 Å². The van der Waals surface area contributed by atoms with Gasteiger partial charge in [-0.05, 0) is 51.6 Å². The zero-order valence-corrected chi connectivity index (χ0v) is 28.2. The van der Waals surface area contributed by atoms with Crippen LogP contribution in [0.15, 0.2) is 184 Å². The summed E-state index contributed by atoms with van der Waals surface area (Å²) in [7, 11) is 0. The minimum Gasteiger partial charge on any atom is -0.455 e. The fraction of sp³-hybridized carbons (Fsp3) is 0.0213. The predicted octanol–water partition coefficient (Wildman–Crippen LogP) is 12.2. The van der Waals surface area contributed by atoms with E-state index in [0.717, 1.165) is 54.9 Å². The summed E-state index contributed by atoms with van der Waals surface area (Å²) in [4.78, 5) is 12.7. The summed E-state index contributed by atoms with van der Waals surface area (Å²) >= 11 is 1.82. The van der Waals surface area contributed by atoms with Crippen molar-refractivity contribution in [3.05, 3.63) is 192 Å². The highest BCUT2D eigenvalue weighted by molar-refractivity contribution is 7.99. The van der Waals surface area contributed by atoms with Crippen molar-refractivity contribution in [1.82, 2.24) is 9.97 Å². The number of furan rings is 1. The quantitative estimate of drug-likeness (QED) is 0.188. The van der Waals surface area contributed by atoms with Gasteiger partial charge in [-0.2, -0.15) is 0 Å². The van der Waals surface area contributed by atoms with Gasteiger partial charge >= 0.3 is 0 Å². The lowest BCUT2D eigenvalue weighted by atomic mass is 9.67. The van der Waals surface area contributed by atoms with Crippen molar-refractivity contribution in [3.8, 4) is 45.0 Å². The van der Waals surface area contributed by atoms with E-state index in [4.69, 9.17) is 14.4 Å². The molecule has 0 unspecified atom stereocenters. The molecule has 1 aliphatic heterocycles. The Morgan fingerprint density at radius 3 is 1.82 bits per heavy atom. The van der Waals surface area contributed by atoms with Gasteiger partial charge in [0.25, 0.3) is 0 Å². The standard InChI is InChI=1S/C47H28N2OS/c1-3-14-29(15-4-1)39-28-40(49-46(48-39)30-16-5-2-6-17-30)33-20-13-24-41-43(33)34-26-27-38-45(44(34)50-41)51-42-25-12-11-23-37(42)47(38)35-21-9-7-18-31(35)32-19-8-10-22-36(32)47/h1-28H. The molecule has 11 rings (SSSR count). The average molecular weight is 669 g/mol. The van der Waals surface area contributed by atoms with Gasteiger partial charge in [0.05, 0.1) is 21.7 Å². The van der Waals surface area contributed by atoms with Crippen molar-refractivity contribution in [3.63, 3.8) is 0 Å². The second-order valence-corrected chi connectivity index (χ2v) is 14.3. The Hall–Kier alpha value is -6.23. The van der Waals surface area contributed by atoms with Gasteiger partial charge < -0.3 is 4.42 Å². The molecule has 0 atom stereocenters. The molecule has 1 aliphatic carbocycles. The van der Waals surface area contributed by atoms with Gasteiger partial charge in [0.1, 0.15) is 11.2 Å². The summed E-state index contributed by atoms with van der Waals surface area (Å²) in [5.74, 6) is 0.696. The van der Waals surface area contributed by atoms with Crippen LogP contribution in [-0.4, -0.2) is 9.97 Å². The maximum Gasteiger partial charge on any atom is 0.160 e. The summed E-state index contributed by atoms with van der Waals surface area (Å²) in [6.07, 6.45) is 0. The van der Waals surface area contributed by atoms with E-state index in [2.05, 4.69) is 146 Å². The summed E-state index contributed by atoms with van der Waals surface area (Å²) in [5.41, 5.74) is 13.9. The Bertz CT molecular complexity index is 2740. The lowest BCUT2D eigenvalue weighted by Gasteiger charge is -2.39. The first kappa shape index (κ1) is 28.6. The maximum atomic E-state index is 6.97. The van der Waals surface area contributed by atoms with Crippen molar-refractivity contribution < 1.29 is 4.42 Å². The van der Waals surface area contributed by atoms with Gasteiger partial charge in [-0.25, -0.2) is 9.97 Å². The molecule has 0 saturated heterocycles. The fourth-order valence-electron chi connectivity index (χ4n) is 8.47. The largest absolute Gasteiger partial charge is 0.455 e. The van der Waals surface area contributed by atoms with Gasteiger partial charge in [0.2, 0.25) is 0 Å². The molecule has 51 heavy (non-hydrogen) atoms. The van der Waals surface area contributed by atoms with Crippen LogP contribution in [0.2, 0.25) is 0 Å². The minimum atomic E-state index is -0.456. The third kappa shape index (κ3) is 4.02. The Balaban J connectivity index is 1.19. The van der Waals surface area contributed by atoms with Crippen LogP contribution in [0.1, 0.15) is 22.3 Å². The van der Waals surface area contributed by atoms with Crippen molar-refractivity contribution in [2.75, 3.05) is 0 Å². The second-order valence-electron chi connectivity index (χ2n) is 13.2. The molecule has 2 aliphatic rings. The summed E-state index contributed by atoms with van der Waals surface area (Å²) in [5, 5.41) is 2.15. The molecule has 238 valence electrons. The predicted molar refractivity (Wildman–Crippen MR) is 207 cm³/mol. The summed E-state index contributed by atoms with van der Waals surface area (Å²) in [6.45, 7) is 0. The molecule has 9 aromatic rings. The summed E-state index contributed by atoms with van der Waals surface area (Å²) < 4.78 is 6.97. The molecule has 4 heteroatoms. The molecule has 3 nitrogen and oxygen atoms in total. The zero-order chi connectivity index (χ0) is 33.5. The Kier molecular flexibility index (Phi) is 6.10. The molecule has 0 amide bonds.